The average Bonchev–Trinajstić information content (AvgIpc) is 3.10. The van der Waals surface area contributed by atoms with Crippen molar-refractivity contribution < 1.29 is 28.6 Å². The van der Waals surface area contributed by atoms with Crippen molar-refractivity contribution in [3.63, 3.8) is 0 Å². The second-order valence-corrected chi connectivity index (χ2v) is 14.9. The van der Waals surface area contributed by atoms with E-state index in [2.05, 4.69) is 27.7 Å². The fourth-order valence-electron chi connectivity index (χ4n) is 6.24. The summed E-state index contributed by atoms with van der Waals surface area (Å²) in [7, 11) is 0. The van der Waals surface area contributed by atoms with Crippen molar-refractivity contribution in [2.75, 3.05) is 13.2 Å². The molecule has 0 aliphatic carbocycles. The quantitative estimate of drug-likeness (QED) is 0.0364. The number of esters is 3. The molecule has 0 radical (unpaired) electrons. The van der Waals surface area contributed by atoms with Crippen molar-refractivity contribution >= 4 is 17.9 Å². The molecule has 0 aromatic carbocycles. The molecule has 0 aromatic rings. The lowest BCUT2D eigenvalue weighted by Gasteiger charge is -2.18. The smallest absolute Gasteiger partial charge is 0.306 e. The molecular weight excluding hydrogens is 612 g/mol. The molecule has 0 N–H and O–H groups in total. The van der Waals surface area contributed by atoms with Crippen LogP contribution in [-0.2, 0) is 28.6 Å². The lowest BCUT2D eigenvalue weighted by molar-refractivity contribution is -0.167. The first-order chi connectivity index (χ1) is 23.9. The Labute approximate surface area is 304 Å². The van der Waals surface area contributed by atoms with Crippen LogP contribution < -0.4 is 0 Å². The fraction of sp³-hybridized carbons (Fsp3) is 0.930. The van der Waals surface area contributed by atoms with E-state index in [0.29, 0.717) is 19.3 Å². The molecular formula is C43H82O6. The van der Waals surface area contributed by atoms with Crippen molar-refractivity contribution in [2.24, 2.45) is 5.92 Å². The highest BCUT2D eigenvalue weighted by atomic mass is 16.6. The van der Waals surface area contributed by atoms with Crippen molar-refractivity contribution in [1.29, 1.82) is 0 Å². The summed E-state index contributed by atoms with van der Waals surface area (Å²) in [6, 6.07) is 0. The zero-order valence-corrected chi connectivity index (χ0v) is 33.1. The third-order valence-electron chi connectivity index (χ3n) is 9.90. The molecule has 0 aliphatic rings. The molecule has 0 aromatic heterocycles. The van der Waals surface area contributed by atoms with Gasteiger partial charge >= 0.3 is 17.9 Å². The van der Waals surface area contributed by atoms with Crippen LogP contribution in [-0.4, -0.2) is 37.2 Å². The second-order valence-electron chi connectivity index (χ2n) is 14.9. The van der Waals surface area contributed by atoms with Crippen LogP contribution in [0.5, 0.6) is 0 Å². The maximum Gasteiger partial charge on any atom is 0.306 e. The average molecular weight is 695 g/mol. The van der Waals surface area contributed by atoms with Crippen molar-refractivity contribution in [1.82, 2.24) is 0 Å². The van der Waals surface area contributed by atoms with E-state index in [4.69, 9.17) is 14.2 Å². The Bertz CT molecular complexity index is 738. The van der Waals surface area contributed by atoms with Gasteiger partial charge in [-0.15, -0.1) is 0 Å². The van der Waals surface area contributed by atoms with E-state index in [9.17, 15) is 14.4 Å². The van der Waals surface area contributed by atoms with Crippen molar-refractivity contribution in [2.45, 2.75) is 239 Å². The third kappa shape index (κ3) is 36.0. The van der Waals surface area contributed by atoms with Gasteiger partial charge in [0, 0.05) is 19.3 Å². The normalized spacial score (nSPS) is 12.5. The van der Waals surface area contributed by atoms with Gasteiger partial charge in [-0.3, -0.25) is 14.4 Å². The van der Waals surface area contributed by atoms with Gasteiger partial charge in [-0.05, 0) is 25.2 Å². The predicted molar refractivity (Wildman–Crippen MR) is 206 cm³/mol. The van der Waals surface area contributed by atoms with E-state index in [-0.39, 0.29) is 31.1 Å². The number of hydrogen-bond donors (Lipinski definition) is 0. The summed E-state index contributed by atoms with van der Waals surface area (Å²) in [5.74, 6) is 0.00148. The number of hydrogen-bond acceptors (Lipinski definition) is 6. The van der Waals surface area contributed by atoms with Crippen LogP contribution in [0.25, 0.3) is 0 Å². The minimum Gasteiger partial charge on any atom is -0.462 e. The largest absolute Gasteiger partial charge is 0.462 e. The summed E-state index contributed by atoms with van der Waals surface area (Å²) in [5.41, 5.74) is 0. The molecule has 290 valence electrons. The predicted octanol–water partition coefficient (Wildman–Crippen LogP) is 13.2. The van der Waals surface area contributed by atoms with Gasteiger partial charge in [0.15, 0.2) is 6.10 Å². The third-order valence-corrected chi connectivity index (χ3v) is 9.90. The maximum atomic E-state index is 12.7. The van der Waals surface area contributed by atoms with E-state index in [1.807, 2.05) is 0 Å². The number of carbonyl (C=O) groups excluding carboxylic acids is 3. The molecule has 49 heavy (non-hydrogen) atoms. The zero-order chi connectivity index (χ0) is 36.0. The lowest BCUT2D eigenvalue weighted by atomic mass is 9.99. The number of ether oxygens (including phenoxy) is 3. The summed E-state index contributed by atoms with van der Waals surface area (Å²) in [6.45, 7) is 8.95. The van der Waals surface area contributed by atoms with Gasteiger partial charge in [0.25, 0.3) is 0 Å². The minimum absolute atomic E-state index is 0.0648. The Morgan fingerprint density at radius 1 is 0.408 bits per heavy atom. The van der Waals surface area contributed by atoms with Crippen molar-refractivity contribution in [3.8, 4) is 0 Å². The summed E-state index contributed by atoms with van der Waals surface area (Å²) in [4.78, 5) is 37.4. The van der Waals surface area contributed by atoms with Crippen LogP contribution in [0.15, 0.2) is 0 Å². The highest BCUT2D eigenvalue weighted by Gasteiger charge is 2.19. The molecule has 1 unspecified atom stereocenters. The van der Waals surface area contributed by atoms with Crippen LogP contribution >= 0.6 is 0 Å². The molecule has 0 fully saturated rings. The van der Waals surface area contributed by atoms with E-state index < -0.39 is 6.10 Å². The first kappa shape index (κ1) is 47.4. The molecule has 0 spiro atoms. The Morgan fingerprint density at radius 2 is 0.714 bits per heavy atom. The van der Waals surface area contributed by atoms with Crippen LogP contribution in [0.4, 0.5) is 0 Å². The molecule has 0 heterocycles. The van der Waals surface area contributed by atoms with Gasteiger partial charge in [-0.1, -0.05) is 195 Å². The van der Waals surface area contributed by atoms with E-state index in [1.165, 1.54) is 128 Å². The van der Waals surface area contributed by atoms with Gasteiger partial charge < -0.3 is 14.2 Å². The molecule has 6 nitrogen and oxygen atoms in total. The molecule has 0 rings (SSSR count). The Morgan fingerprint density at radius 3 is 1.06 bits per heavy atom. The number of unbranched alkanes of at least 4 members (excludes halogenated alkanes) is 24. The standard InChI is InChI=1S/C43H82O6/c1-5-8-10-12-14-15-19-23-27-31-35-42(45)48-38-40(37-47-41(44)34-30-26-21-13-11-9-6-2)49-43(46)36-32-28-24-20-17-16-18-22-25-29-33-39(4)7-3/h39-40H,5-38H2,1-4H3/t39?,40-/m1/s1. The monoisotopic (exact) mass is 695 g/mol. The summed E-state index contributed by atoms with van der Waals surface area (Å²) < 4.78 is 16.6. The summed E-state index contributed by atoms with van der Waals surface area (Å²) >= 11 is 0. The lowest BCUT2D eigenvalue weighted by Crippen LogP contribution is -2.30. The highest BCUT2D eigenvalue weighted by Crippen LogP contribution is 2.16. The SMILES string of the molecule is CCCCCCCCCCCCC(=O)OC[C@@H](COC(=O)CCCCCCCCC)OC(=O)CCCCCCCCCCCCC(C)CC. The van der Waals surface area contributed by atoms with Crippen LogP contribution in [0.1, 0.15) is 233 Å². The zero-order valence-electron chi connectivity index (χ0n) is 33.1. The number of carbonyl (C=O) groups is 3. The van der Waals surface area contributed by atoms with Gasteiger partial charge in [0.1, 0.15) is 13.2 Å². The van der Waals surface area contributed by atoms with Gasteiger partial charge in [-0.2, -0.15) is 0 Å². The molecule has 2 atom stereocenters. The Balaban J connectivity index is 4.30. The maximum absolute atomic E-state index is 12.7. The first-order valence-electron chi connectivity index (χ1n) is 21.4. The molecule has 0 saturated heterocycles. The molecule has 0 aliphatic heterocycles. The van der Waals surface area contributed by atoms with Gasteiger partial charge in [-0.25, -0.2) is 0 Å². The van der Waals surface area contributed by atoms with E-state index in [0.717, 1.165) is 63.7 Å². The summed E-state index contributed by atoms with van der Waals surface area (Å²) in [6.07, 6.45) is 35.2. The summed E-state index contributed by atoms with van der Waals surface area (Å²) in [5, 5.41) is 0. The van der Waals surface area contributed by atoms with Crippen LogP contribution in [0.3, 0.4) is 0 Å². The Kier molecular flexibility index (Phi) is 36.4. The van der Waals surface area contributed by atoms with Crippen LogP contribution in [0, 0.1) is 5.92 Å². The van der Waals surface area contributed by atoms with Crippen molar-refractivity contribution in [3.05, 3.63) is 0 Å². The topological polar surface area (TPSA) is 78.9 Å². The van der Waals surface area contributed by atoms with E-state index >= 15 is 0 Å². The second kappa shape index (κ2) is 37.7. The van der Waals surface area contributed by atoms with E-state index in [1.54, 1.807) is 0 Å². The minimum atomic E-state index is -0.757. The van der Waals surface area contributed by atoms with Gasteiger partial charge in [0.2, 0.25) is 0 Å². The fourth-order valence-corrected chi connectivity index (χ4v) is 6.24. The molecule has 0 bridgehead atoms. The first-order valence-corrected chi connectivity index (χ1v) is 21.4. The highest BCUT2D eigenvalue weighted by molar-refractivity contribution is 5.71. The van der Waals surface area contributed by atoms with Crippen LogP contribution in [0.2, 0.25) is 0 Å². The van der Waals surface area contributed by atoms with Gasteiger partial charge in [0.05, 0.1) is 0 Å². The molecule has 0 amide bonds. The number of rotatable bonds is 38. The molecule has 0 saturated carbocycles. The Hall–Kier alpha value is -1.59. The molecule has 6 heteroatoms.